The van der Waals surface area contributed by atoms with Gasteiger partial charge in [-0.3, -0.25) is 14.2 Å². The van der Waals surface area contributed by atoms with Gasteiger partial charge in [0.1, 0.15) is 5.56 Å². The Hall–Kier alpha value is -2.33. The summed E-state index contributed by atoms with van der Waals surface area (Å²) in [6, 6.07) is 7.27. The molecule has 0 N–H and O–H groups in total. The number of carbonyl (C=O) groups is 1. The number of fused-ring (bicyclic) bond motifs is 4. The van der Waals surface area contributed by atoms with Crippen LogP contribution in [-0.2, 0) is 7.05 Å². The SMILES string of the molecule is CCCC(C)c1cc2n(c1)C(=O)c1c-2n(C)c2ccc(Cl)cc2c1=O. The fraction of sp³-hybridized carbons (Fsp3) is 0.300. The van der Waals surface area contributed by atoms with Crippen LogP contribution >= 0.6 is 11.6 Å². The number of pyridine rings is 1. The lowest BCUT2D eigenvalue weighted by molar-refractivity contribution is 0.0968. The zero-order chi connectivity index (χ0) is 17.9. The Morgan fingerprint density at radius 2 is 1.96 bits per heavy atom. The average molecular weight is 355 g/mol. The van der Waals surface area contributed by atoms with Crippen LogP contribution in [0.1, 0.15) is 48.5 Å². The lowest BCUT2D eigenvalue weighted by Crippen LogP contribution is -2.19. The summed E-state index contributed by atoms with van der Waals surface area (Å²) in [4.78, 5) is 25.8. The first-order valence-electron chi connectivity index (χ1n) is 8.53. The Morgan fingerprint density at radius 3 is 2.68 bits per heavy atom. The molecule has 1 aromatic carbocycles. The van der Waals surface area contributed by atoms with Crippen LogP contribution in [0.4, 0.5) is 0 Å². The topological polar surface area (TPSA) is 44.0 Å². The summed E-state index contributed by atoms with van der Waals surface area (Å²) in [6.45, 7) is 4.32. The Morgan fingerprint density at radius 1 is 1.20 bits per heavy atom. The van der Waals surface area contributed by atoms with Crippen LogP contribution in [0.25, 0.3) is 22.3 Å². The van der Waals surface area contributed by atoms with E-state index in [0.717, 1.165) is 29.6 Å². The van der Waals surface area contributed by atoms with Crippen molar-refractivity contribution < 1.29 is 4.79 Å². The van der Waals surface area contributed by atoms with Gasteiger partial charge in [-0.15, -0.1) is 0 Å². The smallest absolute Gasteiger partial charge is 0.268 e. The van der Waals surface area contributed by atoms with Gasteiger partial charge < -0.3 is 4.57 Å². The van der Waals surface area contributed by atoms with Gasteiger partial charge >= 0.3 is 0 Å². The normalized spacial score (nSPS) is 14.0. The predicted octanol–water partition coefficient (Wildman–Crippen LogP) is 4.57. The second-order valence-corrected chi connectivity index (χ2v) is 7.23. The molecular formula is C20H19ClN2O2. The van der Waals surface area contributed by atoms with Crippen molar-refractivity contribution in [3.8, 4) is 11.4 Å². The van der Waals surface area contributed by atoms with Crippen molar-refractivity contribution in [1.82, 2.24) is 9.13 Å². The molecular weight excluding hydrogens is 336 g/mol. The number of halogens is 1. The van der Waals surface area contributed by atoms with Crippen molar-refractivity contribution in [1.29, 1.82) is 0 Å². The molecule has 0 saturated heterocycles. The number of aryl methyl sites for hydroxylation is 1. The van der Waals surface area contributed by atoms with Gasteiger partial charge in [-0.1, -0.05) is 31.9 Å². The molecule has 0 aliphatic carbocycles. The summed E-state index contributed by atoms with van der Waals surface area (Å²) in [5.74, 6) is 0.137. The molecule has 25 heavy (non-hydrogen) atoms. The summed E-state index contributed by atoms with van der Waals surface area (Å²) >= 11 is 6.05. The zero-order valence-electron chi connectivity index (χ0n) is 14.5. The van der Waals surface area contributed by atoms with Gasteiger partial charge in [-0.25, -0.2) is 0 Å². The molecule has 4 rings (SSSR count). The number of rotatable bonds is 3. The van der Waals surface area contributed by atoms with E-state index in [2.05, 4.69) is 13.8 Å². The maximum absolute atomic E-state index is 12.9. The molecule has 0 amide bonds. The van der Waals surface area contributed by atoms with Crippen molar-refractivity contribution in [2.45, 2.75) is 32.6 Å². The standard InChI is InChI=1S/C20H19ClN2O2/c1-4-5-11(2)12-8-16-18-17(20(25)23(16)10-12)19(24)14-9-13(21)6-7-15(14)22(18)3/h6-11H,4-5H2,1-3H3. The van der Waals surface area contributed by atoms with Gasteiger partial charge in [-0.05, 0) is 42.2 Å². The monoisotopic (exact) mass is 354 g/mol. The molecule has 128 valence electrons. The minimum absolute atomic E-state index is 0.238. The van der Waals surface area contributed by atoms with E-state index in [1.807, 2.05) is 29.9 Å². The Balaban J connectivity index is 2.01. The van der Waals surface area contributed by atoms with Gasteiger partial charge in [-0.2, -0.15) is 0 Å². The molecule has 3 heterocycles. The van der Waals surface area contributed by atoms with E-state index >= 15 is 0 Å². The molecule has 0 fully saturated rings. The van der Waals surface area contributed by atoms with Crippen molar-refractivity contribution >= 4 is 28.4 Å². The van der Waals surface area contributed by atoms with Crippen LogP contribution in [0.15, 0.2) is 35.3 Å². The van der Waals surface area contributed by atoms with Crippen molar-refractivity contribution in [3.05, 3.63) is 56.8 Å². The fourth-order valence-corrected chi connectivity index (χ4v) is 4.01. The molecule has 1 aliphatic rings. The highest BCUT2D eigenvalue weighted by Crippen LogP contribution is 2.36. The van der Waals surface area contributed by atoms with E-state index in [0.29, 0.717) is 22.0 Å². The predicted molar refractivity (Wildman–Crippen MR) is 101 cm³/mol. The van der Waals surface area contributed by atoms with Gasteiger partial charge in [0.25, 0.3) is 5.91 Å². The van der Waals surface area contributed by atoms with Crippen molar-refractivity contribution in [2.24, 2.45) is 7.05 Å². The molecule has 0 radical (unpaired) electrons. The van der Waals surface area contributed by atoms with Gasteiger partial charge in [0.05, 0.1) is 16.9 Å². The highest BCUT2D eigenvalue weighted by atomic mass is 35.5. The molecule has 5 heteroatoms. The number of benzene rings is 1. The highest BCUT2D eigenvalue weighted by molar-refractivity contribution is 6.31. The van der Waals surface area contributed by atoms with Crippen LogP contribution in [0, 0.1) is 0 Å². The van der Waals surface area contributed by atoms with E-state index in [-0.39, 0.29) is 16.9 Å². The van der Waals surface area contributed by atoms with Crippen LogP contribution in [-0.4, -0.2) is 15.0 Å². The lowest BCUT2D eigenvalue weighted by atomic mass is 9.98. The van der Waals surface area contributed by atoms with Crippen LogP contribution in [0.5, 0.6) is 0 Å². The van der Waals surface area contributed by atoms with Crippen molar-refractivity contribution in [2.75, 3.05) is 0 Å². The second-order valence-electron chi connectivity index (χ2n) is 6.80. The number of hydrogen-bond donors (Lipinski definition) is 0. The highest BCUT2D eigenvalue weighted by Gasteiger charge is 2.33. The molecule has 1 atom stereocenters. The minimum Gasteiger partial charge on any atom is -0.342 e. The van der Waals surface area contributed by atoms with Gasteiger partial charge in [0.15, 0.2) is 0 Å². The molecule has 0 bridgehead atoms. The Labute approximate surface area is 150 Å². The molecule has 2 aromatic heterocycles. The summed E-state index contributed by atoms with van der Waals surface area (Å²) in [5.41, 5.74) is 3.40. The van der Waals surface area contributed by atoms with Crippen LogP contribution in [0.2, 0.25) is 5.02 Å². The zero-order valence-corrected chi connectivity index (χ0v) is 15.2. The van der Waals surface area contributed by atoms with E-state index in [1.54, 1.807) is 16.7 Å². The summed E-state index contributed by atoms with van der Waals surface area (Å²) in [5, 5.41) is 0.970. The molecule has 0 saturated carbocycles. The third-order valence-corrected chi connectivity index (χ3v) is 5.41. The summed E-state index contributed by atoms with van der Waals surface area (Å²) in [6.07, 6.45) is 4.05. The Kier molecular flexibility index (Phi) is 3.62. The largest absolute Gasteiger partial charge is 0.342 e. The number of carbonyl (C=O) groups excluding carboxylic acids is 1. The first-order valence-corrected chi connectivity index (χ1v) is 8.91. The summed E-state index contributed by atoms with van der Waals surface area (Å²) in [7, 11) is 1.89. The number of nitrogens with zero attached hydrogens (tertiary/aromatic N) is 2. The van der Waals surface area contributed by atoms with E-state index in [9.17, 15) is 9.59 Å². The first-order chi connectivity index (χ1) is 11.9. The van der Waals surface area contributed by atoms with E-state index in [1.165, 1.54) is 0 Å². The maximum Gasteiger partial charge on any atom is 0.268 e. The molecule has 0 spiro atoms. The van der Waals surface area contributed by atoms with Gasteiger partial charge in [0, 0.05) is 23.7 Å². The quantitative estimate of drug-likeness (QED) is 0.541. The third kappa shape index (κ3) is 2.20. The third-order valence-electron chi connectivity index (χ3n) is 5.17. The van der Waals surface area contributed by atoms with Gasteiger partial charge in [0.2, 0.25) is 5.43 Å². The fourth-order valence-electron chi connectivity index (χ4n) is 3.83. The average Bonchev–Trinajstić information content (AvgIpc) is 3.12. The molecule has 1 aliphatic heterocycles. The first kappa shape index (κ1) is 16.2. The van der Waals surface area contributed by atoms with Crippen LogP contribution < -0.4 is 5.43 Å². The van der Waals surface area contributed by atoms with Crippen LogP contribution in [0.3, 0.4) is 0 Å². The maximum atomic E-state index is 12.9. The molecule has 1 unspecified atom stereocenters. The number of aromatic nitrogens is 2. The number of hydrogen-bond acceptors (Lipinski definition) is 2. The van der Waals surface area contributed by atoms with E-state index < -0.39 is 0 Å². The molecule has 4 nitrogen and oxygen atoms in total. The minimum atomic E-state index is -0.248. The van der Waals surface area contributed by atoms with Crippen molar-refractivity contribution in [3.63, 3.8) is 0 Å². The second kappa shape index (κ2) is 5.60. The summed E-state index contributed by atoms with van der Waals surface area (Å²) < 4.78 is 3.54. The van der Waals surface area contributed by atoms with E-state index in [4.69, 9.17) is 11.6 Å². The lowest BCUT2D eigenvalue weighted by Gasteiger charge is -2.12. The molecule has 3 aromatic rings. The Bertz CT molecular complexity index is 1090.